The number of rotatable bonds is 1. The van der Waals surface area contributed by atoms with Crippen LogP contribution in [-0.2, 0) is 0 Å². The summed E-state index contributed by atoms with van der Waals surface area (Å²) >= 11 is 12.8. The average molecular weight is 206 g/mol. The molecule has 0 aliphatic rings. The molecule has 0 aliphatic carbocycles. The van der Waals surface area contributed by atoms with Crippen molar-refractivity contribution in [1.29, 1.82) is 0 Å². The Hall–Kier alpha value is -0.230. The van der Waals surface area contributed by atoms with Crippen LogP contribution in [-0.4, -0.2) is 0 Å². The van der Waals surface area contributed by atoms with Crippen LogP contribution in [0.25, 0.3) is 4.85 Å². The summed E-state index contributed by atoms with van der Waals surface area (Å²) in [5.74, 6) is 0. The summed E-state index contributed by atoms with van der Waals surface area (Å²) in [7, 11) is 0. The highest BCUT2D eigenvalue weighted by Crippen LogP contribution is 2.35. The second-order valence-electron chi connectivity index (χ2n) is 2.08. The lowest BCUT2D eigenvalue weighted by Gasteiger charge is -1.93. The van der Waals surface area contributed by atoms with Gasteiger partial charge in [0.1, 0.15) is 4.34 Å². The number of halogens is 2. The van der Waals surface area contributed by atoms with Crippen molar-refractivity contribution in [2.24, 2.45) is 0 Å². The van der Waals surface area contributed by atoms with Crippen molar-refractivity contribution in [3.8, 4) is 0 Å². The van der Waals surface area contributed by atoms with Gasteiger partial charge in [0.05, 0.1) is 9.90 Å². The lowest BCUT2D eigenvalue weighted by molar-refractivity contribution is 0.970. The summed E-state index contributed by atoms with van der Waals surface area (Å²) in [4.78, 5) is 3.35. The van der Waals surface area contributed by atoms with E-state index in [9.17, 15) is 0 Å². The predicted molar refractivity (Wildman–Crippen MR) is 49.4 cm³/mol. The van der Waals surface area contributed by atoms with Crippen LogP contribution < -0.4 is 0 Å². The molecule has 1 heterocycles. The fraction of sp³-hybridized carbons (Fsp3) is 0.286. The van der Waals surface area contributed by atoms with E-state index in [2.05, 4.69) is 4.85 Å². The molecule has 4 heteroatoms. The fourth-order valence-corrected chi connectivity index (χ4v) is 2.34. The van der Waals surface area contributed by atoms with Crippen LogP contribution in [0.5, 0.6) is 0 Å². The van der Waals surface area contributed by atoms with Crippen LogP contribution in [0.1, 0.15) is 18.5 Å². The monoisotopic (exact) mass is 205 g/mol. The zero-order chi connectivity index (χ0) is 8.43. The van der Waals surface area contributed by atoms with Gasteiger partial charge < -0.3 is 4.85 Å². The standard InChI is InChI=1S/C7H5Cl2NS/c1-4(10-2)5-3-6(8)11-7(5)9/h3-4H,1H3. The Bertz CT molecular complexity index is 300. The van der Waals surface area contributed by atoms with E-state index in [1.807, 2.05) is 0 Å². The molecule has 0 amide bonds. The molecule has 0 bridgehead atoms. The minimum atomic E-state index is -0.189. The van der Waals surface area contributed by atoms with E-state index in [4.69, 9.17) is 29.8 Å². The van der Waals surface area contributed by atoms with Crippen molar-refractivity contribution in [1.82, 2.24) is 0 Å². The molecular formula is C7H5Cl2NS. The molecule has 11 heavy (non-hydrogen) atoms. The highest BCUT2D eigenvalue weighted by atomic mass is 35.5. The molecule has 0 aromatic carbocycles. The first kappa shape index (κ1) is 8.86. The summed E-state index contributed by atoms with van der Waals surface area (Å²) in [5.41, 5.74) is 0.830. The quantitative estimate of drug-likeness (QED) is 0.611. The molecular weight excluding hydrogens is 201 g/mol. The van der Waals surface area contributed by atoms with Crippen molar-refractivity contribution in [2.45, 2.75) is 13.0 Å². The van der Waals surface area contributed by atoms with Gasteiger partial charge in [-0.25, -0.2) is 6.57 Å². The summed E-state index contributed by atoms with van der Waals surface area (Å²) in [6, 6.07) is 1.56. The van der Waals surface area contributed by atoms with Gasteiger partial charge in [0.25, 0.3) is 0 Å². The van der Waals surface area contributed by atoms with E-state index in [0.717, 1.165) is 5.56 Å². The van der Waals surface area contributed by atoms with Crippen LogP contribution in [0.2, 0.25) is 8.67 Å². The molecule has 1 unspecified atom stereocenters. The third kappa shape index (κ3) is 1.87. The van der Waals surface area contributed by atoms with Gasteiger partial charge in [0, 0.05) is 6.92 Å². The van der Waals surface area contributed by atoms with Crippen molar-refractivity contribution < 1.29 is 0 Å². The van der Waals surface area contributed by atoms with Crippen LogP contribution in [0.3, 0.4) is 0 Å². The zero-order valence-corrected chi connectivity index (χ0v) is 8.09. The van der Waals surface area contributed by atoms with Crippen LogP contribution in [0.15, 0.2) is 6.07 Å². The number of hydrogen-bond acceptors (Lipinski definition) is 1. The van der Waals surface area contributed by atoms with E-state index >= 15 is 0 Å². The minimum Gasteiger partial charge on any atom is -0.309 e. The molecule has 0 saturated heterocycles. The van der Waals surface area contributed by atoms with Crippen LogP contribution in [0.4, 0.5) is 0 Å². The molecule has 1 aromatic heterocycles. The molecule has 1 atom stereocenters. The van der Waals surface area contributed by atoms with Gasteiger partial charge in [0.15, 0.2) is 0 Å². The number of nitrogens with zero attached hydrogens (tertiary/aromatic N) is 1. The minimum absolute atomic E-state index is 0.189. The molecule has 1 nitrogen and oxygen atoms in total. The van der Waals surface area contributed by atoms with Crippen molar-refractivity contribution in [3.05, 3.63) is 31.7 Å². The summed E-state index contributed by atoms with van der Waals surface area (Å²) < 4.78 is 1.26. The second-order valence-corrected chi connectivity index (χ2v) is 4.37. The first-order valence-corrected chi connectivity index (χ1v) is 4.53. The van der Waals surface area contributed by atoms with Crippen LogP contribution in [0, 0.1) is 6.57 Å². The third-order valence-corrected chi connectivity index (χ3v) is 2.84. The van der Waals surface area contributed by atoms with Crippen molar-refractivity contribution >= 4 is 34.5 Å². The smallest absolute Gasteiger partial charge is 0.248 e. The van der Waals surface area contributed by atoms with E-state index < -0.39 is 0 Å². The van der Waals surface area contributed by atoms with E-state index in [-0.39, 0.29) is 6.04 Å². The predicted octanol–water partition coefficient (Wildman–Crippen LogP) is 4.04. The Balaban J connectivity index is 3.05. The number of hydrogen-bond donors (Lipinski definition) is 0. The molecule has 0 N–H and O–H groups in total. The van der Waals surface area contributed by atoms with E-state index in [1.165, 1.54) is 11.3 Å². The number of thiophene rings is 1. The summed E-state index contributed by atoms with van der Waals surface area (Å²) in [6.07, 6.45) is 0. The SMILES string of the molecule is [C-]#[N+]C(C)c1cc(Cl)sc1Cl. The highest BCUT2D eigenvalue weighted by Gasteiger charge is 2.15. The first-order chi connectivity index (χ1) is 5.15. The Kier molecular flexibility index (Phi) is 2.78. The van der Waals surface area contributed by atoms with Gasteiger partial charge in [-0.2, -0.15) is 0 Å². The Labute approximate surface area is 79.4 Å². The third-order valence-electron chi connectivity index (χ3n) is 1.33. The average Bonchev–Trinajstić information content (AvgIpc) is 2.28. The second kappa shape index (κ2) is 3.44. The Morgan fingerprint density at radius 3 is 2.64 bits per heavy atom. The fourth-order valence-electron chi connectivity index (χ4n) is 0.707. The largest absolute Gasteiger partial charge is 0.309 e. The Morgan fingerprint density at radius 2 is 2.27 bits per heavy atom. The molecule has 0 aliphatic heterocycles. The van der Waals surface area contributed by atoms with Gasteiger partial charge in [-0.3, -0.25) is 0 Å². The summed E-state index contributed by atoms with van der Waals surface area (Å²) in [5, 5.41) is 0. The molecule has 1 aromatic rings. The van der Waals surface area contributed by atoms with Gasteiger partial charge in [-0.15, -0.1) is 11.3 Å². The summed E-state index contributed by atoms with van der Waals surface area (Å²) in [6.45, 7) is 8.58. The topological polar surface area (TPSA) is 4.36 Å². The maximum atomic E-state index is 6.78. The lowest BCUT2D eigenvalue weighted by atomic mass is 10.2. The van der Waals surface area contributed by atoms with Crippen molar-refractivity contribution in [3.63, 3.8) is 0 Å². The molecule has 58 valence electrons. The molecule has 0 radical (unpaired) electrons. The first-order valence-electron chi connectivity index (χ1n) is 2.96. The van der Waals surface area contributed by atoms with Gasteiger partial charge in [-0.05, 0) is 6.07 Å². The van der Waals surface area contributed by atoms with Gasteiger partial charge in [0.2, 0.25) is 6.04 Å². The van der Waals surface area contributed by atoms with Crippen LogP contribution >= 0.6 is 34.5 Å². The van der Waals surface area contributed by atoms with E-state index in [0.29, 0.717) is 8.67 Å². The van der Waals surface area contributed by atoms with Gasteiger partial charge >= 0.3 is 0 Å². The highest BCUT2D eigenvalue weighted by molar-refractivity contribution is 7.20. The molecule has 0 spiro atoms. The Morgan fingerprint density at radius 1 is 1.64 bits per heavy atom. The molecule has 0 saturated carbocycles. The molecule has 0 fully saturated rings. The molecule has 1 rings (SSSR count). The van der Waals surface area contributed by atoms with Gasteiger partial charge in [-0.1, -0.05) is 23.2 Å². The van der Waals surface area contributed by atoms with E-state index in [1.54, 1.807) is 13.0 Å². The maximum Gasteiger partial charge on any atom is 0.248 e. The zero-order valence-electron chi connectivity index (χ0n) is 5.77. The normalized spacial score (nSPS) is 12.5. The lowest BCUT2D eigenvalue weighted by Crippen LogP contribution is -1.81. The van der Waals surface area contributed by atoms with Crippen molar-refractivity contribution in [2.75, 3.05) is 0 Å². The maximum absolute atomic E-state index is 6.78.